The molecule has 0 bridgehead atoms. The number of carboxylic acid groups (broad SMARTS) is 1. The van der Waals surface area contributed by atoms with Crippen LogP contribution in [0.15, 0.2) is 23.1 Å². The van der Waals surface area contributed by atoms with Gasteiger partial charge in [-0.05, 0) is 37.1 Å². The smallest absolute Gasteiger partial charge is 0.318 e. The van der Waals surface area contributed by atoms with Crippen LogP contribution in [0.25, 0.3) is 0 Å². The number of hydrogen-bond acceptors (Lipinski definition) is 3. The molecule has 0 aliphatic carbocycles. The van der Waals surface area contributed by atoms with Gasteiger partial charge in [-0.15, -0.1) is 0 Å². The van der Waals surface area contributed by atoms with Crippen molar-refractivity contribution in [3.8, 4) is 0 Å². The van der Waals surface area contributed by atoms with Crippen LogP contribution < -0.4 is 0 Å². The maximum absolute atomic E-state index is 12.0. The zero-order valence-corrected chi connectivity index (χ0v) is 10.8. The Labute approximate surface area is 101 Å². The van der Waals surface area contributed by atoms with Gasteiger partial charge in [-0.3, -0.25) is 4.79 Å². The molecule has 0 spiro atoms. The Morgan fingerprint density at radius 3 is 2.35 bits per heavy atom. The van der Waals surface area contributed by atoms with E-state index in [9.17, 15) is 13.2 Å². The molecule has 94 valence electrons. The van der Waals surface area contributed by atoms with Crippen LogP contribution in [-0.2, 0) is 14.8 Å². The molecule has 0 aliphatic rings. The third kappa shape index (κ3) is 3.04. The molecule has 1 N–H and O–H groups in total. The van der Waals surface area contributed by atoms with Gasteiger partial charge in [0.1, 0.15) is 6.54 Å². The normalized spacial score (nSPS) is 11.8. The molecule has 0 saturated carbocycles. The van der Waals surface area contributed by atoms with Gasteiger partial charge in [0.2, 0.25) is 10.0 Å². The summed E-state index contributed by atoms with van der Waals surface area (Å²) in [6, 6.07) is 4.73. The zero-order valence-electron chi connectivity index (χ0n) is 9.97. The van der Waals surface area contributed by atoms with E-state index < -0.39 is 22.5 Å². The van der Waals surface area contributed by atoms with Gasteiger partial charge in [0.25, 0.3) is 0 Å². The number of aryl methyl sites for hydroxylation is 2. The highest BCUT2D eigenvalue weighted by atomic mass is 32.2. The molecular formula is C11H15NO4S. The summed E-state index contributed by atoms with van der Waals surface area (Å²) in [4.78, 5) is 10.6. The van der Waals surface area contributed by atoms with Gasteiger partial charge in [-0.1, -0.05) is 6.07 Å². The first kappa shape index (κ1) is 13.7. The first-order chi connectivity index (χ1) is 7.75. The third-order valence-electron chi connectivity index (χ3n) is 2.54. The lowest BCUT2D eigenvalue weighted by Crippen LogP contribution is -2.32. The quantitative estimate of drug-likeness (QED) is 0.873. The fraction of sp³-hybridized carbons (Fsp3) is 0.364. The Bertz CT molecular complexity index is 536. The maximum Gasteiger partial charge on any atom is 0.318 e. The summed E-state index contributed by atoms with van der Waals surface area (Å²) in [7, 11) is -2.47. The summed E-state index contributed by atoms with van der Waals surface area (Å²) in [5, 5.41) is 8.59. The minimum absolute atomic E-state index is 0.115. The number of nitrogens with zero attached hydrogens (tertiary/aromatic N) is 1. The van der Waals surface area contributed by atoms with Crippen LogP contribution in [0.3, 0.4) is 0 Å². The molecule has 1 rings (SSSR count). The van der Waals surface area contributed by atoms with E-state index in [-0.39, 0.29) is 4.90 Å². The Morgan fingerprint density at radius 2 is 1.88 bits per heavy atom. The number of sulfonamides is 1. The SMILES string of the molecule is Cc1ccc(S(=O)(=O)N(C)CC(=O)O)cc1C. The van der Waals surface area contributed by atoms with Crippen LogP contribution in [0.1, 0.15) is 11.1 Å². The van der Waals surface area contributed by atoms with E-state index in [1.165, 1.54) is 13.1 Å². The van der Waals surface area contributed by atoms with Gasteiger partial charge in [0.15, 0.2) is 0 Å². The van der Waals surface area contributed by atoms with Crippen LogP contribution >= 0.6 is 0 Å². The molecule has 5 nitrogen and oxygen atoms in total. The van der Waals surface area contributed by atoms with Gasteiger partial charge < -0.3 is 5.11 Å². The Balaban J connectivity index is 3.13. The van der Waals surface area contributed by atoms with Crippen molar-refractivity contribution in [1.29, 1.82) is 0 Å². The molecule has 1 aromatic rings. The number of hydrogen-bond donors (Lipinski definition) is 1. The van der Waals surface area contributed by atoms with Gasteiger partial charge in [-0.2, -0.15) is 4.31 Å². The second kappa shape index (κ2) is 4.85. The molecular weight excluding hydrogens is 242 g/mol. The molecule has 0 atom stereocenters. The van der Waals surface area contributed by atoms with Crippen molar-refractivity contribution in [3.05, 3.63) is 29.3 Å². The largest absolute Gasteiger partial charge is 0.480 e. The van der Waals surface area contributed by atoms with Gasteiger partial charge in [0.05, 0.1) is 4.90 Å². The number of carbonyl (C=O) groups is 1. The van der Waals surface area contributed by atoms with E-state index in [0.717, 1.165) is 15.4 Å². The number of benzene rings is 1. The minimum atomic E-state index is -3.72. The molecule has 0 unspecified atom stereocenters. The predicted molar refractivity (Wildman–Crippen MR) is 63.4 cm³/mol. The molecule has 0 saturated heterocycles. The number of rotatable bonds is 4. The van der Waals surface area contributed by atoms with Crippen molar-refractivity contribution in [2.75, 3.05) is 13.6 Å². The Morgan fingerprint density at radius 1 is 1.29 bits per heavy atom. The van der Waals surface area contributed by atoms with E-state index >= 15 is 0 Å². The van der Waals surface area contributed by atoms with Crippen molar-refractivity contribution in [3.63, 3.8) is 0 Å². The van der Waals surface area contributed by atoms with E-state index in [4.69, 9.17) is 5.11 Å². The second-order valence-electron chi connectivity index (χ2n) is 3.90. The Kier molecular flexibility index (Phi) is 3.90. The summed E-state index contributed by atoms with van der Waals surface area (Å²) in [5.41, 5.74) is 1.85. The fourth-order valence-electron chi connectivity index (χ4n) is 1.33. The summed E-state index contributed by atoms with van der Waals surface area (Å²) in [6.07, 6.45) is 0. The van der Waals surface area contributed by atoms with Crippen molar-refractivity contribution >= 4 is 16.0 Å². The number of aliphatic carboxylic acids is 1. The van der Waals surface area contributed by atoms with Crippen molar-refractivity contribution in [2.24, 2.45) is 0 Å². The summed E-state index contributed by atoms with van der Waals surface area (Å²) in [6.45, 7) is 3.15. The molecule has 0 heterocycles. The highest BCUT2D eigenvalue weighted by Crippen LogP contribution is 2.17. The van der Waals surface area contributed by atoms with Crippen LogP contribution in [0.2, 0.25) is 0 Å². The minimum Gasteiger partial charge on any atom is -0.480 e. The standard InChI is InChI=1S/C11H15NO4S/c1-8-4-5-10(6-9(8)2)17(15,16)12(3)7-11(13)14/h4-6H,7H2,1-3H3,(H,13,14). The van der Waals surface area contributed by atoms with Crippen molar-refractivity contribution < 1.29 is 18.3 Å². The molecule has 0 aromatic heterocycles. The monoisotopic (exact) mass is 257 g/mol. The summed E-state index contributed by atoms with van der Waals surface area (Å²) in [5.74, 6) is -1.18. The third-order valence-corrected chi connectivity index (χ3v) is 4.34. The molecule has 0 radical (unpaired) electrons. The maximum atomic E-state index is 12.0. The van der Waals surface area contributed by atoms with E-state index in [1.807, 2.05) is 13.8 Å². The van der Waals surface area contributed by atoms with Crippen LogP contribution in [0.5, 0.6) is 0 Å². The van der Waals surface area contributed by atoms with Crippen LogP contribution in [0.4, 0.5) is 0 Å². The predicted octanol–water partition coefficient (Wildman–Crippen LogP) is 1.01. The molecule has 17 heavy (non-hydrogen) atoms. The average Bonchev–Trinajstić information content (AvgIpc) is 2.20. The van der Waals surface area contributed by atoms with Crippen molar-refractivity contribution in [2.45, 2.75) is 18.7 Å². The highest BCUT2D eigenvalue weighted by Gasteiger charge is 2.22. The Hall–Kier alpha value is -1.40. The van der Waals surface area contributed by atoms with E-state index in [2.05, 4.69) is 0 Å². The molecule has 0 aliphatic heterocycles. The molecule has 1 aromatic carbocycles. The lowest BCUT2D eigenvalue weighted by molar-refractivity contribution is -0.137. The van der Waals surface area contributed by atoms with Gasteiger partial charge in [0, 0.05) is 7.05 Å². The first-order valence-corrected chi connectivity index (χ1v) is 6.44. The van der Waals surface area contributed by atoms with Crippen LogP contribution in [-0.4, -0.2) is 37.4 Å². The zero-order chi connectivity index (χ0) is 13.2. The van der Waals surface area contributed by atoms with E-state index in [1.54, 1.807) is 12.1 Å². The lowest BCUT2D eigenvalue weighted by atomic mass is 10.1. The summed E-state index contributed by atoms with van der Waals surface area (Å²) >= 11 is 0. The van der Waals surface area contributed by atoms with Gasteiger partial charge in [-0.25, -0.2) is 8.42 Å². The fourth-order valence-corrected chi connectivity index (χ4v) is 2.54. The summed E-state index contributed by atoms with van der Waals surface area (Å²) < 4.78 is 24.8. The van der Waals surface area contributed by atoms with Crippen molar-refractivity contribution in [1.82, 2.24) is 4.31 Å². The topological polar surface area (TPSA) is 74.7 Å². The van der Waals surface area contributed by atoms with Gasteiger partial charge >= 0.3 is 5.97 Å². The lowest BCUT2D eigenvalue weighted by Gasteiger charge is -2.15. The molecule has 0 fully saturated rings. The second-order valence-corrected chi connectivity index (χ2v) is 5.95. The molecule has 0 amide bonds. The van der Waals surface area contributed by atoms with Crippen LogP contribution in [0, 0.1) is 13.8 Å². The highest BCUT2D eigenvalue weighted by molar-refractivity contribution is 7.89. The first-order valence-electron chi connectivity index (χ1n) is 5.00. The number of carboxylic acids is 1. The average molecular weight is 257 g/mol. The van der Waals surface area contributed by atoms with E-state index in [0.29, 0.717) is 0 Å². The number of likely N-dealkylation sites (N-methyl/N-ethyl adjacent to an activating group) is 1. The molecule has 6 heteroatoms.